The lowest BCUT2D eigenvalue weighted by Gasteiger charge is -2.05. The van der Waals surface area contributed by atoms with E-state index >= 15 is 0 Å². The largest absolute Gasteiger partial charge is 0.484 e. The van der Waals surface area contributed by atoms with Gasteiger partial charge in [-0.05, 0) is 36.8 Å². The summed E-state index contributed by atoms with van der Waals surface area (Å²) in [5, 5.41) is 0.888. The van der Waals surface area contributed by atoms with Crippen LogP contribution >= 0.6 is 0 Å². The number of benzene rings is 2. The van der Waals surface area contributed by atoms with Crippen molar-refractivity contribution in [3.63, 3.8) is 0 Å². The molecule has 2 heterocycles. The molecule has 0 aliphatic heterocycles. The molecule has 0 saturated heterocycles. The first kappa shape index (κ1) is 13.6. The molecule has 2 aromatic heterocycles. The second-order valence-electron chi connectivity index (χ2n) is 5.27. The standard InChI is InChI=1S/C18H13NO4/c1-11-8-18(20)23-16-9-12(6-7-13(11)16)21-10-17-19-14-4-2-3-5-15(14)22-17/h2-9H,10H2,1H3. The van der Waals surface area contributed by atoms with Gasteiger partial charge in [0.2, 0.25) is 5.89 Å². The van der Waals surface area contributed by atoms with Crippen LogP contribution in [0, 0.1) is 6.92 Å². The van der Waals surface area contributed by atoms with Gasteiger partial charge in [0.25, 0.3) is 0 Å². The summed E-state index contributed by atoms with van der Waals surface area (Å²) >= 11 is 0. The average molecular weight is 307 g/mol. The predicted octanol–water partition coefficient (Wildman–Crippen LogP) is 3.82. The SMILES string of the molecule is Cc1cc(=O)oc2cc(OCc3nc4ccccc4o3)ccc12. The Bertz CT molecular complexity index is 1030. The highest BCUT2D eigenvalue weighted by atomic mass is 16.5. The van der Waals surface area contributed by atoms with Gasteiger partial charge in [-0.2, -0.15) is 0 Å². The molecule has 0 atom stereocenters. The van der Waals surface area contributed by atoms with Crippen LogP contribution in [0.5, 0.6) is 5.75 Å². The van der Waals surface area contributed by atoms with Gasteiger partial charge in [-0.25, -0.2) is 9.78 Å². The summed E-state index contributed by atoms with van der Waals surface area (Å²) < 4.78 is 16.5. The molecule has 0 amide bonds. The number of aryl methyl sites for hydroxylation is 1. The molecule has 0 N–H and O–H groups in total. The molecule has 2 aromatic carbocycles. The van der Waals surface area contributed by atoms with Gasteiger partial charge in [-0.3, -0.25) is 0 Å². The maximum absolute atomic E-state index is 11.5. The monoisotopic (exact) mass is 307 g/mol. The van der Waals surface area contributed by atoms with Crippen LogP contribution in [0.4, 0.5) is 0 Å². The third kappa shape index (κ3) is 2.57. The van der Waals surface area contributed by atoms with Gasteiger partial charge in [0.15, 0.2) is 12.2 Å². The third-order valence-electron chi connectivity index (χ3n) is 3.62. The van der Waals surface area contributed by atoms with E-state index in [2.05, 4.69) is 4.98 Å². The molecule has 114 valence electrons. The molecular weight excluding hydrogens is 294 g/mol. The smallest absolute Gasteiger partial charge is 0.336 e. The van der Waals surface area contributed by atoms with E-state index in [9.17, 15) is 4.79 Å². The number of para-hydroxylation sites is 2. The van der Waals surface area contributed by atoms with Crippen LogP contribution in [0.2, 0.25) is 0 Å². The summed E-state index contributed by atoms with van der Waals surface area (Å²) in [7, 11) is 0. The lowest BCUT2D eigenvalue weighted by molar-refractivity contribution is 0.267. The Morgan fingerprint density at radius 3 is 2.78 bits per heavy atom. The third-order valence-corrected chi connectivity index (χ3v) is 3.62. The Labute approximate surface area is 131 Å². The van der Waals surface area contributed by atoms with Gasteiger partial charge in [0, 0.05) is 17.5 Å². The maximum Gasteiger partial charge on any atom is 0.336 e. The lowest BCUT2D eigenvalue weighted by atomic mass is 10.1. The second kappa shape index (κ2) is 5.28. The van der Waals surface area contributed by atoms with Crippen LogP contribution in [-0.4, -0.2) is 4.98 Å². The van der Waals surface area contributed by atoms with E-state index in [1.165, 1.54) is 6.07 Å². The average Bonchev–Trinajstić information content (AvgIpc) is 2.95. The zero-order valence-electron chi connectivity index (χ0n) is 12.4. The van der Waals surface area contributed by atoms with Crippen molar-refractivity contribution in [2.24, 2.45) is 0 Å². The number of fused-ring (bicyclic) bond motifs is 2. The predicted molar refractivity (Wildman–Crippen MR) is 85.6 cm³/mol. The first-order valence-electron chi connectivity index (χ1n) is 7.21. The number of oxazole rings is 1. The van der Waals surface area contributed by atoms with Crippen molar-refractivity contribution in [3.8, 4) is 5.75 Å². The van der Waals surface area contributed by atoms with Crippen molar-refractivity contribution in [1.29, 1.82) is 0 Å². The minimum atomic E-state index is -0.369. The zero-order chi connectivity index (χ0) is 15.8. The van der Waals surface area contributed by atoms with Gasteiger partial charge < -0.3 is 13.6 Å². The van der Waals surface area contributed by atoms with Crippen molar-refractivity contribution in [3.05, 3.63) is 70.4 Å². The lowest BCUT2D eigenvalue weighted by Crippen LogP contribution is -1.99. The first-order valence-corrected chi connectivity index (χ1v) is 7.21. The Kier molecular flexibility index (Phi) is 3.12. The molecule has 0 radical (unpaired) electrons. The van der Waals surface area contributed by atoms with Crippen molar-refractivity contribution in [2.45, 2.75) is 13.5 Å². The van der Waals surface area contributed by atoms with Crippen molar-refractivity contribution in [2.75, 3.05) is 0 Å². The zero-order valence-corrected chi connectivity index (χ0v) is 12.4. The van der Waals surface area contributed by atoms with Gasteiger partial charge in [-0.15, -0.1) is 0 Å². The highest BCUT2D eigenvalue weighted by molar-refractivity contribution is 5.81. The molecule has 4 aromatic rings. The summed E-state index contributed by atoms with van der Waals surface area (Å²) in [5.74, 6) is 1.09. The van der Waals surface area contributed by atoms with E-state index in [1.54, 1.807) is 6.07 Å². The fourth-order valence-corrected chi connectivity index (χ4v) is 2.52. The summed E-state index contributed by atoms with van der Waals surface area (Å²) in [4.78, 5) is 15.8. The van der Waals surface area contributed by atoms with Crippen molar-refractivity contribution in [1.82, 2.24) is 4.98 Å². The van der Waals surface area contributed by atoms with Crippen LogP contribution < -0.4 is 10.4 Å². The molecule has 0 bridgehead atoms. The number of rotatable bonds is 3. The summed E-state index contributed by atoms with van der Waals surface area (Å²) in [6.07, 6.45) is 0. The Morgan fingerprint density at radius 1 is 1.04 bits per heavy atom. The Balaban J connectivity index is 1.61. The Hall–Kier alpha value is -3.08. The fraction of sp³-hybridized carbons (Fsp3) is 0.111. The number of hydrogen-bond donors (Lipinski definition) is 0. The minimum absolute atomic E-state index is 0.205. The second-order valence-corrected chi connectivity index (χ2v) is 5.27. The quantitative estimate of drug-likeness (QED) is 0.538. The normalized spacial score (nSPS) is 11.2. The number of aromatic nitrogens is 1. The minimum Gasteiger partial charge on any atom is -0.484 e. The molecule has 5 nitrogen and oxygen atoms in total. The molecule has 0 spiro atoms. The van der Waals surface area contributed by atoms with E-state index in [4.69, 9.17) is 13.6 Å². The summed E-state index contributed by atoms with van der Waals surface area (Å²) in [5.41, 5.74) is 2.54. The van der Waals surface area contributed by atoms with E-state index < -0.39 is 0 Å². The van der Waals surface area contributed by atoms with Gasteiger partial charge in [-0.1, -0.05) is 12.1 Å². The highest BCUT2D eigenvalue weighted by Crippen LogP contribution is 2.23. The summed E-state index contributed by atoms with van der Waals surface area (Å²) in [6, 6.07) is 14.4. The number of nitrogens with zero attached hydrogens (tertiary/aromatic N) is 1. The fourth-order valence-electron chi connectivity index (χ4n) is 2.52. The molecule has 0 aliphatic rings. The van der Waals surface area contributed by atoms with Gasteiger partial charge in [0.1, 0.15) is 16.8 Å². The van der Waals surface area contributed by atoms with E-state index in [0.29, 0.717) is 17.2 Å². The number of ether oxygens (including phenoxy) is 1. The van der Waals surface area contributed by atoms with E-state index in [0.717, 1.165) is 22.0 Å². The van der Waals surface area contributed by atoms with Crippen molar-refractivity contribution >= 4 is 22.1 Å². The molecule has 0 fully saturated rings. The molecule has 4 rings (SSSR count). The molecule has 0 saturated carbocycles. The molecular formula is C18H13NO4. The maximum atomic E-state index is 11.5. The van der Waals surface area contributed by atoms with Crippen LogP contribution in [0.25, 0.3) is 22.1 Å². The van der Waals surface area contributed by atoms with Crippen LogP contribution in [0.15, 0.2) is 62.2 Å². The topological polar surface area (TPSA) is 65.5 Å². The molecule has 23 heavy (non-hydrogen) atoms. The van der Waals surface area contributed by atoms with Crippen LogP contribution in [0.3, 0.4) is 0 Å². The van der Waals surface area contributed by atoms with E-state index in [-0.39, 0.29) is 12.2 Å². The van der Waals surface area contributed by atoms with Crippen molar-refractivity contribution < 1.29 is 13.6 Å². The van der Waals surface area contributed by atoms with Crippen LogP contribution in [-0.2, 0) is 6.61 Å². The summed E-state index contributed by atoms with van der Waals surface area (Å²) in [6.45, 7) is 2.08. The van der Waals surface area contributed by atoms with Gasteiger partial charge in [0.05, 0.1) is 0 Å². The van der Waals surface area contributed by atoms with Gasteiger partial charge >= 0.3 is 5.63 Å². The molecule has 0 unspecified atom stereocenters. The Morgan fingerprint density at radius 2 is 1.91 bits per heavy atom. The van der Waals surface area contributed by atoms with E-state index in [1.807, 2.05) is 43.3 Å². The molecule has 5 heteroatoms. The van der Waals surface area contributed by atoms with Crippen LogP contribution in [0.1, 0.15) is 11.5 Å². The first-order chi connectivity index (χ1) is 11.2. The number of hydrogen-bond acceptors (Lipinski definition) is 5. The molecule has 0 aliphatic carbocycles. The highest BCUT2D eigenvalue weighted by Gasteiger charge is 2.07.